The predicted molar refractivity (Wildman–Crippen MR) is 231 cm³/mol. The first-order valence-electron chi connectivity index (χ1n) is 20.7. The molecule has 1 unspecified atom stereocenters. The van der Waals surface area contributed by atoms with Crippen molar-refractivity contribution in [2.45, 2.75) is 83.5 Å². The second kappa shape index (κ2) is 19.4. The van der Waals surface area contributed by atoms with Crippen molar-refractivity contribution < 1.29 is 32.9 Å². The maximum atomic E-state index is 17.5. The minimum atomic E-state index is -2.32. The van der Waals surface area contributed by atoms with Gasteiger partial charge in [0, 0.05) is 67.9 Å². The van der Waals surface area contributed by atoms with E-state index in [0.29, 0.717) is 70.4 Å². The molecule has 17 heteroatoms. The highest BCUT2D eigenvalue weighted by atomic mass is 28.3. The average molecular weight is 844 g/mol. The number of ether oxygens (including phenoxy) is 3. The number of rotatable bonds is 15. The fourth-order valence-corrected chi connectivity index (χ4v) is 14.3. The fourth-order valence-electron chi connectivity index (χ4n) is 9.10. The Bertz CT molecular complexity index is 2280. The van der Waals surface area contributed by atoms with Crippen molar-refractivity contribution in [3.63, 3.8) is 0 Å². The third-order valence-corrected chi connectivity index (χ3v) is 18.4. The van der Waals surface area contributed by atoms with Crippen LogP contribution in [-0.2, 0) is 4.74 Å². The molecule has 2 aliphatic heterocycles. The topological polar surface area (TPSA) is 162 Å². The van der Waals surface area contributed by atoms with Crippen molar-refractivity contribution in [3.05, 3.63) is 58.1 Å². The van der Waals surface area contributed by atoms with Gasteiger partial charge in [-0.25, -0.2) is 13.6 Å². The summed E-state index contributed by atoms with van der Waals surface area (Å²) in [6, 6.07) is 6.40. The van der Waals surface area contributed by atoms with Crippen LogP contribution in [-0.4, -0.2) is 116 Å². The Hall–Kier alpha value is -5.27. The van der Waals surface area contributed by atoms with Gasteiger partial charge in [-0.05, 0) is 78.1 Å². The van der Waals surface area contributed by atoms with Gasteiger partial charge in [0.2, 0.25) is 0 Å². The molecular formula is C43H55F2N9O5Si. The third kappa shape index (κ3) is 9.22. The van der Waals surface area contributed by atoms with E-state index < -0.39 is 25.8 Å². The van der Waals surface area contributed by atoms with Gasteiger partial charge in [0.15, 0.2) is 12.6 Å². The van der Waals surface area contributed by atoms with Crippen LogP contribution in [0.5, 0.6) is 11.8 Å². The molecule has 1 atom stereocenters. The van der Waals surface area contributed by atoms with Gasteiger partial charge in [-0.3, -0.25) is 9.88 Å². The third-order valence-electron chi connectivity index (χ3n) is 12.1. The van der Waals surface area contributed by atoms with Gasteiger partial charge in [0.05, 0.1) is 10.9 Å². The molecule has 0 spiro atoms. The molecule has 0 saturated carbocycles. The first-order valence-corrected chi connectivity index (χ1v) is 22.9. The number of fused-ring (bicyclic) bond motifs is 2. The number of carbonyl (C=O) groups is 1. The number of methoxy groups -OCH3 is 1. The molecule has 14 nitrogen and oxygen atoms in total. The number of azide groups is 1. The maximum absolute atomic E-state index is 17.5. The summed E-state index contributed by atoms with van der Waals surface area (Å²) >= 11 is 0. The number of benzene rings is 2. The van der Waals surface area contributed by atoms with Gasteiger partial charge in [-0.15, -0.1) is 5.54 Å². The molecule has 0 radical (unpaired) electrons. The van der Waals surface area contributed by atoms with E-state index in [1.54, 1.807) is 18.2 Å². The summed E-state index contributed by atoms with van der Waals surface area (Å²) in [6.45, 7) is 16.4. The zero-order valence-electron chi connectivity index (χ0n) is 35.5. The molecule has 60 heavy (non-hydrogen) atoms. The number of nitrogens with zero attached hydrogens (tertiary/aromatic N) is 9. The second-order valence-electron chi connectivity index (χ2n) is 16.4. The molecule has 2 saturated heterocycles. The highest BCUT2D eigenvalue weighted by Gasteiger charge is 2.42. The van der Waals surface area contributed by atoms with E-state index in [4.69, 9.17) is 24.7 Å². The Labute approximate surface area is 350 Å². The largest absolute Gasteiger partial charge is 0.468 e. The Morgan fingerprint density at radius 3 is 2.45 bits per heavy atom. The smallest absolute Gasteiger partial charge is 0.407 e. The van der Waals surface area contributed by atoms with Crippen LogP contribution in [0.4, 0.5) is 19.4 Å². The van der Waals surface area contributed by atoms with Crippen LogP contribution in [0, 0.1) is 23.1 Å². The molecule has 2 fully saturated rings. The second-order valence-corrected chi connectivity index (χ2v) is 22.0. The number of anilines is 1. The zero-order valence-corrected chi connectivity index (χ0v) is 36.5. The summed E-state index contributed by atoms with van der Waals surface area (Å²) < 4.78 is 51.1. The lowest BCUT2D eigenvalue weighted by molar-refractivity contribution is 0.0512. The summed E-state index contributed by atoms with van der Waals surface area (Å²) in [7, 11) is -0.817. The van der Waals surface area contributed by atoms with Crippen LogP contribution in [0.3, 0.4) is 0 Å². The standard InChI is InChI=1S/C43H55F2N9O5Si/c1-27(2)60(28(3)4,29(5)6)21-13-33-36(44)12-11-30-22-32(59-26-57-7)23-34(37(30)33)39-38(45)40-35(24-47-39)41(53-17-19-54(20-18-53)43(55)56)50-42(49-40)58-25-31-10-8-15-52(31)16-9-14-48-51-46/h11-12,22-24,27-29,31H,8-10,14-20,25-26H2,1-7H3,(H,55,56). The number of halogens is 2. The van der Waals surface area contributed by atoms with Gasteiger partial charge in [0.1, 0.15) is 43.3 Å². The molecule has 1 N–H and O–H groups in total. The Morgan fingerprint density at radius 1 is 1.05 bits per heavy atom. The van der Waals surface area contributed by atoms with Crippen molar-refractivity contribution >= 4 is 41.7 Å². The van der Waals surface area contributed by atoms with Crippen LogP contribution in [0.1, 0.15) is 66.4 Å². The summed E-state index contributed by atoms with van der Waals surface area (Å²) in [5.41, 5.74) is 13.5. The van der Waals surface area contributed by atoms with Crippen LogP contribution in [0.25, 0.3) is 43.4 Å². The van der Waals surface area contributed by atoms with Crippen LogP contribution < -0.4 is 14.4 Å². The molecule has 2 aromatic carbocycles. The molecule has 4 aromatic rings. The minimum Gasteiger partial charge on any atom is -0.468 e. The van der Waals surface area contributed by atoms with E-state index in [9.17, 15) is 9.90 Å². The molecule has 320 valence electrons. The zero-order chi connectivity index (χ0) is 43.1. The number of carboxylic acid groups (broad SMARTS) is 1. The molecule has 0 bridgehead atoms. The highest BCUT2D eigenvalue weighted by Crippen LogP contribution is 2.42. The highest BCUT2D eigenvalue weighted by molar-refractivity contribution is 6.90. The summed E-state index contributed by atoms with van der Waals surface area (Å²) in [6.07, 6.45) is 3.05. The number of amides is 1. The van der Waals surface area contributed by atoms with Crippen molar-refractivity contribution in [1.29, 1.82) is 0 Å². The molecule has 2 aromatic heterocycles. The van der Waals surface area contributed by atoms with E-state index in [-0.39, 0.29) is 60.9 Å². The molecular weight excluding hydrogens is 789 g/mol. The summed E-state index contributed by atoms with van der Waals surface area (Å²) in [4.78, 5) is 34.2. The van der Waals surface area contributed by atoms with Crippen molar-refractivity contribution in [1.82, 2.24) is 24.8 Å². The lowest BCUT2D eigenvalue weighted by Gasteiger charge is -2.38. The number of aromatic nitrogens is 3. The average Bonchev–Trinajstić information content (AvgIpc) is 3.68. The summed E-state index contributed by atoms with van der Waals surface area (Å²) in [5, 5.41) is 14.6. The summed E-state index contributed by atoms with van der Waals surface area (Å²) in [5.74, 6) is 2.75. The lowest BCUT2D eigenvalue weighted by atomic mass is 9.95. The van der Waals surface area contributed by atoms with Gasteiger partial charge >= 0.3 is 12.1 Å². The minimum absolute atomic E-state index is 0.0351. The lowest BCUT2D eigenvalue weighted by Crippen LogP contribution is -2.48. The van der Waals surface area contributed by atoms with Crippen LogP contribution in [0.15, 0.2) is 35.6 Å². The quantitative estimate of drug-likeness (QED) is 0.0233. The van der Waals surface area contributed by atoms with Crippen molar-refractivity contribution in [2.75, 3.05) is 71.2 Å². The van der Waals surface area contributed by atoms with Crippen molar-refractivity contribution in [3.8, 4) is 34.5 Å². The molecule has 6 rings (SSSR count). The monoisotopic (exact) mass is 843 g/mol. The normalized spacial score (nSPS) is 16.2. The van der Waals surface area contributed by atoms with Gasteiger partial charge in [-0.2, -0.15) is 9.97 Å². The van der Waals surface area contributed by atoms with Gasteiger partial charge < -0.3 is 29.1 Å². The van der Waals surface area contributed by atoms with Crippen molar-refractivity contribution in [2.24, 2.45) is 5.11 Å². The van der Waals surface area contributed by atoms with Crippen LogP contribution >= 0.6 is 0 Å². The van der Waals surface area contributed by atoms with E-state index in [2.05, 4.69) is 77.9 Å². The number of hydrogen-bond donors (Lipinski definition) is 1. The number of piperazine rings is 1. The number of pyridine rings is 1. The number of hydrogen-bond acceptors (Lipinski definition) is 10. The Balaban J connectivity index is 1.51. The SMILES string of the molecule is COCOc1cc(-c2ncc3c(N4CCN(C(=O)O)CC4)nc(OCC4CCCN4CCCN=[N+]=[N-])nc3c2F)c2c(C#C[Si](C(C)C)(C(C)C)C(C)C)c(F)ccc2c1. The maximum Gasteiger partial charge on any atom is 0.407 e. The molecule has 2 aliphatic rings. The van der Waals surface area contributed by atoms with E-state index in [1.165, 1.54) is 24.3 Å². The predicted octanol–water partition coefficient (Wildman–Crippen LogP) is 9.02. The van der Waals surface area contributed by atoms with E-state index >= 15 is 8.78 Å². The van der Waals surface area contributed by atoms with Gasteiger partial charge in [0.25, 0.3) is 0 Å². The molecule has 4 heterocycles. The van der Waals surface area contributed by atoms with Crippen LogP contribution in [0.2, 0.25) is 16.6 Å². The first-order chi connectivity index (χ1) is 28.8. The molecule has 1 amide bonds. The Kier molecular flexibility index (Phi) is 14.3. The first kappa shape index (κ1) is 44.3. The number of likely N-dealkylation sites (tertiary alicyclic amines) is 1. The van der Waals surface area contributed by atoms with E-state index in [1.807, 2.05) is 4.90 Å². The fraction of sp³-hybridized carbons (Fsp3) is 0.535. The molecule has 0 aliphatic carbocycles. The van der Waals surface area contributed by atoms with E-state index in [0.717, 1.165) is 25.9 Å². The van der Waals surface area contributed by atoms with Gasteiger partial charge in [-0.1, -0.05) is 58.6 Å². The Morgan fingerprint density at radius 2 is 1.78 bits per heavy atom.